The number of carbonyl (C=O) groups excluding carboxylic acids is 2. The number of nitrogens with one attached hydrogen (secondary N) is 1. The van der Waals surface area contributed by atoms with Gasteiger partial charge in [-0.05, 0) is 12.1 Å². The maximum absolute atomic E-state index is 12.3. The Morgan fingerprint density at radius 2 is 1.91 bits per heavy atom. The summed E-state index contributed by atoms with van der Waals surface area (Å²) in [5.41, 5.74) is 0.518. The smallest absolute Gasteiger partial charge is 0.338 e. The van der Waals surface area contributed by atoms with Crippen LogP contribution in [0.4, 0.5) is 0 Å². The molecule has 5 heteroatoms. The fourth-order valence-corrected chi connectivity index (χ4v) is 3.94. The molecule has 5 nitrogen and oxygen atoms in total. The Morgan fingerprint density at radius 3 is 2.59 bits per heavy atom. The van der Waals surface area contributed by atoms with E-state index < -0.39 is 0 Å². The molecule has 3 rings (SSSR count). The first-order chi connectivity index (χ1) is 10.6. The fraction of sp³-hybridized carbons (Fsp3) is 0.529. The van der Waals surface area contributed by atoms with Gasteiger partial charge in [0.2, 0.25) is 0 Å². The predicted molar refractivity (Wildman–Crippen MR) is 79.5 cm³/mol. The predicted octanol–water partition coefficient (Wildman–Crippen LogP) is 0.451. The number of esters is 2. The van der Waals surface area contributed by atoms with Crippen LogP contribution in [0.15, 0.2) is 30.3 Å². The molecule has 0 radical (unpaired) electrons. The molecule has 2 bridgehead atoms. The maximum atomic E-state index is 12.3. The van der Waals surface area contributed by atoms with Gasteiger partial charge < -0.3 is 14.4 Å². The number of ether oxygens (including phenoxy) is 2. The van der Waals surface area contributed by atoms with Crippen LogP contribution in [0.2, 0.25) is 0 Å². The summed E-state index contributed by atoms with van der Waals surface area (Å²) in [6, 6.07) is 9.55. The molecule has 2 aliphatic heterocycles. The van der Waals surface area contributed by atoms with Gasteiger partial charge in [-0.25, -0.2) is 4.79 Å². The monoisotopic (exact) mass is 304 g/mol. The summed E-state index contributed by atoms with van der Waals surface area (Å²) in [6.45, 7) is 0. The summed E-state index contributed by atoms with van der Waals surface area (Å²) in [5, 5.41) is 0. The van der Waals surface area contributed by atoms with Crippen molar-refractivity contribution in [2.24, 2.45) is 5.92 Å². The molecular weight excluding hydrogens is 282 g/mol. The minimum atomic E-state index is -0.388. The van der Waals surface area contributed by atoms with Gasteiger partial charge in [0.05, 0.1) is 25.8 Å². The summed E-state index contributed by atoms with van der Waals surface area (Å²) in [4.78, 5) is 25.9. The Balaban J connectivity index is 1.79. The van der Waals surface area contributed by atoms with E-state index in [1.807, 2.05) is 6.07 Å². The largest absolute Gasteiger partial charge is 0.469 e. The van der Waals surface area contributed by atoms with Crippen LogP contribution in [0.3, 0.4) is 0 Å². The fourth-order valence-electron chi connectivity index (χ4n) is 3.94. The van der Waals surface area contributed by atoms with Crippen molar-refractivity contribution < 1.29 is 24.0 Å². The quantitative estimate of drug-likeness (QED) is 0.824. The van der Waals surface area contributed by atoms with Crippen LogP contribution in [0, 0.1) is 5.92 Å². The molecular formula is C17H22NO4+. The van der Waals surface area contributed by atoms with Gasteiger partial charge in [-0.2, -0.15) is 0 Å². The second kappa shape index (κ2) is 6.08. The second-order valence-electron chi connectivity index (χ2n) is 6.22. The van der Waals surface area contributed by atoms with E-state index in [9.17, 15) is 9.59 Å². The summed E-state index contributed by atoms with van der Waals surface area (Å²) < 4.78 is 10.7. The van der Waals surface area contributed by atoms with E-state index >= 15 is 0 Å². The van der Waals surface area contributed by atoms with Gasteiger partial charge >= 0.3 is 11.9 Å². The van der Waals surface area contributed by atoms with Crippen molar-refractivity contribution >= 4 is 11.9 Å². The van der Waals surface area contributed by atoms with Gasteiger partial charge in [0.15, 0.2) is 0 Å². The molecule has 118 valence electrons. The molecule has 1 aromatic carbocycles. The van der Waals surface area contributed by atoms with Gasteiger partial charge in [-0.1, -0.05) is 18.2 Å². The van der Waals surface area contributed by atoms with E-state index in [-0.39, 0.29) is 30.0 Å². The SMILES string of the molecule is COC(=O)[C@@H]1[C@H]2CC[C@@H](C[C@H]1OC(=O)c1ccccc1)[NH+]2C. The maximum Gasteiger partial charge on any atom is 0.338 e. The molecule has 0 spiro atoms. The van der Waals surface area contributed by atoms with Crippen molar-refractivity contribution in [2.75, 3.05) is 14.2 Å². The average molecular weight is 304 g/mol. The van der Waals surface area contributed by atoms with Crippen LogP contribution in [-0.4, -0.2) is 44.3 Å². The average Bonchev–Trinajstić information content (AvgIpc) is 2.78. The Labute approximate surface area is 130 Å². The highest BCUT2D eigenvalue weighted by molar-refractivity contribution is 5.89. The van der Waals surface area contributed by atoms with Crippen LogP contribution in [0.5, 0.6) is 0 Å². The second-order valence-corrected chi connectivity index (χ2v) is 6.22. The molecule has 0 aliphatic carbocycles. The van der Waals surface area contributed by atoms with Crippen molar-refractivity contribution in [1.82, 2.24) is 0 Å². The minimum absolute atomic E-state index is 0.180. The van der Waals surface area contributed by atoms with Crippen molar-refractivity contribution in [3.63, 3.8) is 0 Å². The lowest BCUT2D eigenvalue weighted by atomic mass is 9.87. The number of hydrogen-bond donors (Lipinski definition) is 1. The zero-order chi connectivity index (χ0) is 15.7. The molecule has 2 fully saturated rings. The number of fused-ring (bicyclic) bond motifs is 2. The van der Waals surface area contributed by atoms with E-state index in [0.29, 0.717) is 11.6 Å². The first-order valence-corrected chi connectivity index (χ1v) is 7.79. The molecule has 22 heavy (non-hydrogen) atoms. The van der Waals surface area contributed by atoms with Gasteiger partial charge in [0, 0.05) is 19.3 Å². The van der Waals surface area contributed by atoms with Gasteiger partial charge in [0.1, 0.15) is 18.1 Å². The number of rotatable bonds is 3. The molecule has 1 unspecified atom stereocenters. The molecule has 1 N–H and O–H groups in total. The number of quaternary nitrogens is 1. The lowest BCUT2D eigenvalue weighted by Gasteiger charge is -2.38. The summed E-state index contributed by atoms with van der Waals surface area (Å²) >= 11 is 0. The zero-order valence-electron chi connectivity index (χ0n) is 13.0. The number of methoxy groups -OCH3 is 1. The van der Waals surface area contributed by atoms with E-state index in [2.05, 4.69) is 7.05 Å². The van der Waals surface area contributed by atoms with Crippen molar-refractivity contribution in [2.45, 2.75) is 37.5 Å². The standard InChI is InChI=1S/C17H21NO4/c1-18-12-8-9-13(18)15(17(20)21-2)14(10-12)22-16(19)11-6-4-3-5-7-11/h3-7,12-15H,8-10H2,1-2H3/p+1/t12-,13+,14+,15+/m0/s1. The van der Waals surface area contributed by atoms with E-state index in [0.717, 1.165) is 19.3 Å². The molecule has 0 aromatic heterocycles. The summed E-state index contributed by atoms with van der Waals surface area (Å²) in [7, 11) is 3.52. The van der Waals surface area contributed by atoms with Crippen molar-refractivity contribution in [1.29, 1.82) is 0 Å². The molecule has 2 aliphatic rings. The Hall–Kier alpha value is -1.88. The highest BCUT2D eigenvalue weighted by Crippen LogP contribution is 2.31. The lowest BCUT2D eigenvalue weighted by molar-refractivity contribution is -0.926. The Morgan fingerprint density at radius 1 is 1.18 bits per heavy atom. The van der Waals surface area contributed by atoms with E-state index in [4.69, 9.17) is 9.47 Å². The highest BCUT2D eigenvalue weighted by atomic mass is 16.6. The first kappa shape index (κ1) is 15.0. The topological polar surface area (TPSA) is 57.0 Å². The summed E-state index contributed by atoms with van der Waals surface area (Å²) in [5.74, 6) is -0.995. The van der Waals surface area contributed by atoms with Crippen molar-refractivity contribution in [3.05, 3.63) is 35.9 Å². The zero-order valence-corrected chi connectivity index (χ0v) is 13.0. The molecule has 0 amide bonds. The van der Waals surface area contributed by atoms with Crippen LogP contribution >= 0.6 is 0 Å². The Kier molecular flexibility index (Phi) is 4.16. The molecule has 1 aromatic rings. The number of carbonyl (C=O) groups is 2. The Bertz CT molecular complexity index is 559. The normalized spacial score (nSPS) is 33.3. The highest BCUT2D eigenvalue weighted by Gasteiger charge is 2.54. The van der Waals surface area contributed by atoms with Gasteiger partial charge in [-0.15, -0.1) is 0 Å². The van der Waals surface area contributed by atoms with Crippen LogP contribution in [0.25, 0.3) is 0 Å². The number of hydrogen-bond acceptors (Lipinski definition) is 4. The molecule has 5 atom stereocenters. The van der Waals surface area contributed by atoms with Crippen molar-refractivity contribution in [3.8, 4) is 0 Å². The van der Waals surface area contributed by atoms with E-state index in [1.54, 1.807) is 24.3 Å². The van der Waals surface area contributed by atoms with Gasteiger partial charge in [0.25, 0.3) is 0 Å². The molecule has 2 heterocycles. The van der Waals surface area contributed by atoms with Crippen LogP contribution in [0.1, 0.15) is 29.6 Å². The first-order valence-electron chi connectivity index (χ1n) is 7.79. The summed E-state index contributed by atoms with van der Waals surface area (Å²) in [6.07, 6.45) is 2.39. The number of piperidine rings is 1. The third-order valence-corrected chi connectivity index (χ3v) is 5.15. The van der Waals surface area contributed by atoms with Crippen LogP contribution < -0.4 is 4.90 Å². The van der Waals surface area contributed by atoms with E-state index in [1.165, 1.54) is 12.0 Å². The van der Waals surface area contributed by atoms with Crippen LogP contribution in [-0.2, 0) is 14.3 Å². The minimum Gasteiger partial charge on any atom is -0.469 e. The lowest BCUT2D eigenvalue weighted by Crippen LogP contribution is -3.16. The molecule has 2 saturated heterocycles. The third-order valence-electron chi connectivity index (χ3n) is 5.15. The van der Waals surface area contributed by atoms with Gasteiger partial charge in [-0.3, -0.25) is 4.79 Å². The molecule has 0 saturated carbocycles. The third kappa shape index (κ3) is 2.61. The number of benzene rings is 1.